The van der Waals surface area contributed by atoms with E-state index in [9.17, 15) is 9.59 Å². The van der Waals surface area contributed by atoms with Crippen molar-refractivity contribution in [2.45, 2.75) is 48.9 Å². The van der Waals surface area contributed by atoms with Gasteiger partial charge in [-0.2, -0.15) is 0 Å². The minimum Gasteiger partial charge on any atom is -0.480 e. The van der Waals surface area contributed by atoms with Crippen molar-refractivity contribution < 1.29 is 28.5 Å². The summed E-state index contributed by atoms with van der Waals surface area (Å²) >= 11 is 2.16. The molecule has 1 saturated carbocycles. The zero-order chi connectivity index (χ0) is 18.8. The topological polar surface area (TPSA) is 84.0 Å². The molecule has 0 spiro atoms. The van der Waals surface area contributed by atoms with E-state index in [1.165, 1.54) is 14.2 Å². The molecule has 0 radical (unpaired) electrons. The molecule has 8 heteroatoms. The van der Waals surface area contributed by atoms with Crippen molar-refractivity contribution in [2.24, 2.45) is 0 Å². The second kappa shape index (κ2) is 7.45. The van der Waals surface area contributed by atoms with Gasteiger partial charge in [0.15, 0.2) is 5.60 Å². The van der Waals surface area contributed by atoms with Gasteiger partial charge < -0.3 is 18.9 Å². The van der Waals surface area contributed by atoms with Crippen LogP contribution in [0.1, 0.15) is 43.1 Å². The minimum atomic E-state index is -0.915. The van der Waals surface area contributed by atoms with E-state index >= 15 is 0 Å². The number of carbonyl (C=O) groups excluding carboxylic acids is 2. The SMILES string of the molecule is COC(=O)C1(OCc2cnc(OC)c(C(=O)OC(C)(C)C)c2)CC1I. The van der Waals surface area contributed by atoms with Gasteiger partial charge in [-0.25, -0.2) is 14.6 Å². The van der Waals surface area contributed by atoms with Gasteiger partial charge in [0.25, 0.3) is 0 Å². The Hall–Kier alpha value is -1.42. The van der Waals surface area contributed by atoms with Gasteiger partial charge in [0.05, 0.1) is 24.8 Å². The Bertz CT molecular complexity index is 672. The van der Waals surface area contributed by atoms with E-state index < -0.39 is 17.2 Å². The molecular weight excluding hydrogens is 441 g/mol. The Kier molecular flexibility index (Phi) is 5.93. The van der Waals surface area contributed by atoms with Crippen LogP contribution in [0.25, 0.3) is 0 Å². The Morgan fingerprint density at radius 2 is 2.00 bits per heavy atom. The zero-order valence-corrected chi connectivity index (χ0v) is 17.1. The maximum Gasteiger partial charge on any atom is 0.344 e. The van der Waals surface area contributed by atoms with Crippen LogP contribution in [-0.2, 0) is 25.6 Å². The average molecular weight is 463 g/mol. The summed E-state index contributed by atoms with van der Waals surface area (Å²) in [5.74, 6) is -0.737. The van der Waals surface area contributed by atoms with Gasteiger partial charge in [0.1, 0.15) is 11.2 Å². The number of carbonyl (C=O) groups is 2. The maximum absolute atomic E-state index is 12.4. The summed E-state index contributed by atoms with van der Waals surface area (Å²) < 4.78 is 21.2. The molecule has 2 atom stereocenters. The standard InChI is InChI=1S/C17H22INO6/c1-16(2,3)25-14(20)11-6-10(8-19-13(11)22-4)9-24-17(7-12(17)18)15(21)23-5/h6,8,12H,7,9H2,1-5H3. The molecule has 0 aromatic carbocycles. The Morgan fingerprint density at radius 1 is 1.36 bits per heavy atom. The quantitative estimate of drug-likeness (QED) is 0.365. The lowest BCUT2D eigenvalue weighted by molar-refractivity contribution is -0.158. The van der Waals surface area contributed by atoms with Crippen LogP contribution in [0.4, 0.5) is 0 Å². The van der Waals surface area contributed by atoms with Crippen molar-refractivity contribution in [1.29, 1.82) is 0 Å². The average Bonchev–Trinajstić information content (AvgIpc) is 3.21. The first-order valence-corrected chi connectivity index (χ1v) is 9.00. The highest BCUT2D eigenvalue weighted by Gasteiger charge is 2.61. The second-order valence-electron chi connectivity index (χ2n) is 6.74. The van der Waals surface area contributed by atoms with E-state index in [0.717, 1.165) is 0 Å². The van der Waals surface area contributed by atoms with Crippen molar-refractivity contribution in [1.82, 2.24) is 4.98 Å². The van der Waals surface area contributed by atoms with Crippen molar-refractivity contribution >= 4 is 34.5 Å². The molecule has 1 aromatic heterocycles. The molecule has 1 aliphatic rings. The lowest BCUT2D eigenvalue weighted by Gasteiger charge is -2.20. The molecule has 0 bridgehead atoms. The number of alkyl halides is 1. The first-order chi connectivity index (χ1) is 11.6. The number of nitrogens with zero attached hydrogens (tertiary/aromatic N) is 1. The fraction of sp³-hybridized carbons (Fsp3) is 0.588. The molecule has 1 heterocycles. The van der Waals surface area contributed by atoms with Crippen molar-refractivity contribution in [3.05, 3.63) is 23.4 Å². The van der Waals surface area contributed by atoms with Crippen molar-refractivity contribution in [2.75, 3.05) is 14.2 Å². The number of methoxy groups -OCH3 is 2. The van der Waals surface area contributed by atoms with E-state index in [4.69, 9.17) is 18.9 Å². The van der Waals surface area contributed by atoms with Gasteiger partial charge in [-0.1, -0.05) is 22.6 Å². The van der Waals surface area contributed by atoms with Gasteiger partial charge in [0, 0.05) is 12.6 Å². The fourth-order valence-corrected chi connectivity index (χ4v) is 3.32. The van der Waals surface area contributed by atoms with Crippen molar-refractivity contribution in [3.8, 4) is 5.88 Å². The summed E-state index contributed by atoms with van der Waals surface area (Å²) in [4.78, 5) is 28.4. The van der Waals surface area contributed by atoms with E-state index in [0.29, 0.717) is 12.0 Å². The number of ether oxygens (including phenoxy) is 4. The number of pyridine rings is 1. The lowest BCUT2D eigenvalue weighted by Crippen LogP contribution is -2.30. The molecule has 1 aromatic rings. The van der Waals surface area contributed by atoms with Crippen LogP contribution in [0, 0.1) is 0 Å². The molecule has 0 saturated heterocycles. The molecule has 0 aliphatic heterocycles. The summed E-state index contributed by atoms with van der Waals surface area (Å²) in [6.07, 6.45) is 2.14. The van der Waals surface area contributed by atoms with Crippen LogP contribution in [0.15, 0.2) is 12.3 Å². The van der Waals surface area contributed by atoms with Gasteiger partial charge >= 0.3 is 11.9 Å². The molecule has 25 heavy (non-hydrogen) atoms. The normalized spacial score (nSPS) is 22.2. The molecule has 2 rings (SSSR count). The first kappa shape index (κ1) is 19.9. The third kappa shape index (κ3) is 4.60. The van der Waals surface area contributed by atoms with Crippen LogP contribution in [0.2, 0.25) is 0 Å². The van der Waals surface area contributed by atoms with Gasteiger partial charge in [0.2, 0.25) is 5.88 Å². The van der Waals surface area contributed by atoms with Crippen LogP contribution in [0.3, 0.4) is 0 Å². The number of aromatic nitrogens is 1. The van der Waals surface area contributed by atoms with Gasteiger partial charge in [-0.15, -0.1) is 0 Å². The Labute approximate surface area is 160 Å². The summed E-state index contributed by atoms with van der Waals surface area (Å²) in [5, 5.41) is 0. The minimum absolute atomic E-state index is 0.0640. The summed E-state index contributed by atoms with van der Waals surface area (Å²) in [5.41, 5.74) is -0.694. The number of halogens is 1. The molecule has 0 N–H and O–H groups in total. The summed E-state index contributed by atoms with van der Waals surface area (Å²) in [7, 11) is 2.77. The fourth-order valence-electron chi connectivity index (χ4n) is 2.23. The van der Waals surface area contributed by atoms with Crippen LogP contribution in [-0.4, -0.2) is 46.3 Å². The number of rotatable bonds is 6. The highest BCUT2D eigenvalue weighted by molar-refractivity contribution is 14.1. The largest absolute Gasteiger partial charge is 0.480 e. The second-order valence-corrected chi connectivity index (χ2v) is 8.25. The van der Waals surface area contributed by atoms with E-state index in [-0.39, 0.29) is 27.9 Å². The summed E-state index contributed by atoms with van der Waals surface area (Å²) in [6, 6.07) is 1.61. The van der Waals surface area contributed by atoms with Crippen molar-refractivity contribution in [3.63, 3.8) is 0 Å². The maximum atomic E-state index is 12.4. The van der Waals surface area contributed by atoms with Crippen LogP contribution >= 0.6 is 22.6 Å². The van der Waals surface area contributed by atoms with E-state index in [1.54, 1.807) is 33.0 Å². The van der Waals surface area contributed by atoms with Crippen LogP contribution in [0.5, 0.6) is 5.88 Å². The number of esters is 2. The predicted octanol–water partition coefficient (Wildman–Crippen LogP) is 2.68. The van der Waals surface area contributed by atoms with Gasteiger partial charge in [-0.05, 0) is 32.4 Å². The lowest BCUT2D eigenvalue weighted by atomic mass is 10.1. The third-order valence-corrected chi connectivity index (χ3v) is 5.02. The van der Waals surface area contributed by atoms with E-state index in [1.807, 2.05) is 0 Å². The van der Waals surface area contributed by atoms with E-state index in [2.05, 4.69) is 27.6 Å². The molecular formula is C17H22INO6. The number of hydrogen-bond acceptors (Lipinski definition) is 7. The molecule has 2 unspecified atom stereocenters. The monoisotopic (exact) mass is 463 g/mol. The smallest absolute Gasteiger partial charge is 0.344 e. The van der Waals surface area contributed by atoms with Crippen LogP contribution < -0.4 is 4.74 Å². The summed E-state index contributed by atoms with van der Waals surface area (Å²) in [6.45, 7) is 5.48. The number of hydrogen-bond donors (Lipinski definition) is 0. The Morgan fingerprint density at radius 3 is 2.48 bits per heavy atom. The molecule has 1 fully saturated rings. The zero-order valence-electron chi connectivity index (χ0n) is 14.9. The molecule has 0 amide bonds. The van der Waals surface area contributed by atoms with Gasteiger partial charge in [-0.3, -0.25) is 0 Å². The Balaban J connectivity index is 2.16. The first-order valence-electron chi connectivity index (χ1n) is 7.75. The predicted molar refractivity (Wildman–Crippen MR) is 97.9 cm³/mol. The molecule has 1 aliphatic carbocycles. The highest BCUT2D eigenvalue weighted by atomic mass is 127. The molecule has 138 valence electrons. The third-order valence-electron chi connectivity index (χ3n) is 3.58. The molecule has 7 nitrogen and oxygen atoms in total. The highest BCUT2D eigenvalue weighted by Crippen LogP contribution is 2.47.